The van der Waals surface area contributed by atoms with E-state index in [4.69, 9.17) is 9.47 Å². The molecule has 2 aromatic rings. The van der Waals surface area contributed by atoms with E-state index in [0.29, 0.717) is 23.2 Å². The van der Waals surface area contributed by atoms with Gasteiger partial charge in [-0.15, -0.1) is 5.10 Å². The molecule has 0 radical (unpaired) electrons. The summed E-state index contributed by atoms with van der Waals surface area (Å²) in [6.45, 7) is 4.42. The van der Waals surface area contributed by atoms with E-state index in [2.05, 4.69) is 10.2 Å². The second-order valence-electron chi connectivity index (χ2n) is 6.35. The normalized spacial score (nSPS) is 18.3. The summed E-state index contributed by atoms with van der Waals surface area (Å²) in [6.07, 6.45) is 1.63. The Morgan fingerprint density at radius 3 is 2.61 bits per heavy atom. The highest BCUT2D eigenvalue weighted by molar-refractivity contribution is 8.15. The molecular formula is C21H23N3O3S. The monoisotopic (exact) mass is 397 g/mol. The molecule has 1 amide bonds. The van der Waals surface area contributed by atoms with Gasteiger partial charge in [-0.3, -0.25) is 9.69 Å². The van der Waals surface area contributed by atoms with E-state index in [0.717, 1.165) is 16.7 Å². The second kappa shape index (κ2) is 8.93. The van der Waals surface area contributed by atoms with Crippen LogP contribution in [0.3, 0.4) is 0 Å². The van der Waals surface area contributed by atoms with Gasteiger partial charge in [0.15, 0.2) is 16.7 Å². The molecular weight excluding hydrogens is 374 g/mol. The topological polar surface area (TPSA) is 63.5 Å². The zero-order chi connectivity index (χ0) is 20.1. The van der Waals surface area contributed by atoms with Crippen molar-refractivity contribution in [2.75, 3.05) is 14.2 Å². The van der Waals surface area contributed by atoms with Crippen LogP contribution in [0, 0.1) is 6.92 Å². The quantitative estimate of drug-likeness (QED) is 0.548. The minimum Gasteiger partial charge on any atom is -0.493 e. The lowest BCUT2D eigenvalue weighted by molar-refractivity contribution is -0.126. The molecule has 1 saturated heterocycles. The van der Waals surface area contributed by atoms with Crippen molar-refractivity contribution < 1.29 is 14.3 Å². The maximum Gasteiger partial charge on any atom is 0.242 e. The predicted octanol–water partition coefficient (Wildman–Crippen LogP) is 3.87. The third-order valence-electron chi connectivity index (χ3n) is 4.47. The maximum atomic E-state index is 12.6. The van der Waals surface area contributed by atoms with Gasteiger partial charge >= 0.3 is 0 Å². The van der Waals surface area contributed by atoms with Crippen LogP contribution in [0.5, 0.6) is 11.5 Å². The standard InChI is InChI=1S/C21H23N3O3S/c1-14-7-5-6-8-17(14)13-24-20(25)15(2)28-21(24)23-22-12-16-9-10-18(26-3)19(11-16)27-4/h5-12,15H,13H2,1-4H3/b22-12-,23-21+/t15-/m0/s1. The van der Waals surface area contributed by atoms with Gasteiger partial charge in [-0.05, 0) is 48.7 Å². The van der Waals surface area contributed by atoms with Crippen molar-refractivity contribution in [3.63, 3.8) is 0 Å². The van der Waals surface area contributed by atoms with Gasteiger partial charge in [0.2, 0.25) is 5.91 Å². The van der Waals surface area contributed by atoms with Crippen LogP contribution >= 0.6 is 11.8 Å². The minimum absolute atomic E-state index is 0.0494. The smallest absolute Gasteiger partial charge is 0.242 e. The lowest BCUT2D eigenvalue weighted by Gasteiger charge is -2.16. The third-order valence-corrected chi connectivity index (χ3v) is 5.54. The Morgan fingerprint density at radius 1 is 1.14 bits per heavy atom. The van der Waals surface area contributed by atoms with E-state index in [1.54, 1.807) is 25.3 Å². The molecule has 2 aromatic carbocycles. The van der Waals surface area contributed by atoms with Crippen LogP contribution in [-0.2, 0) is 11.3 Å². The minimum atomic E-state index is -0.168. The number of benzene rings is 2. The summed E-state index contributed by atoms with van der Waals surface area (Å²) >= 11 is 1.42. The van der Waals surface area contributed by atoms with Gasteiger partial charge in [-0.2, -0.15) is 5.10 Å². The van der Waals surface area contributed by atoms with Gasteiger partial charge in [0, 0.05) is 0 Å². The van der Waals surface area contributed by atoms with Crippen LogP contribution in [0.2, 0.25) is 0 Å². The van der Waals surface area contributed by atoms with E-state index in [-0.39, 0.29) is 11.2 Å². The predicted molar refractivity (Wildman–Crippen MR) is 113 cm³/mol. The van der Waals surface area contributed by atoms with E-state index in [1.807, 2.05) is 56.3 Å². The highest BCUT2D eigenvalue weighted by Crippen LogP contribution is 2.29. The lowest BCUT2D eigenvalue weighted by atomic mass is 10.1. The number of amidine groups is 1. The SMILES string of the molecule is COc1ccc(/C=N\N=C2\S[C@@H](C)C(=O)N2Cc2ccccc2C)cc1OC. The number of ether oxygens (including phenoxy) is 2. The van der Waals surface area contributed by atoms with Crippen LogP contribution < -0.4 is 9.47 Å². The van der Waals surface area contributed by atoms with Gasteiger partial charge in [-0.25, -0.2) is 0 Å². The van der Waals surface area contributed by atoms with Crippen molar-refractivity contribution in [2.45, 2.75) is 25.6 Å². The number of nitrogens with zero attached hydrogens (tertiary/aromatic N) is 3. The van der Waals surface area contributed by atoms with Gasteiger partial charge in [0.05, 0.1) is 32.2 Å². The molecule has 146 valence electrons. The number of aryl methyl sites for hydroxylation is 1. The molecule has 0 aromatic heterocycles. The largest absolute Gasteiger partial charge is 0.493 e. The molecule has 1 atom stereocenters. The molecule has 0 N–H and O–H groups in total. The Balaban J connectivity index is 1.80. The first kappa shape index (κ1) is 19.9. The van der Waals surface area contributed by atoms with E-state index in [9.17, 15) is 4.79 Å². The summed E-state index contributed by atoms with van der Waals surface area (Å²) in [5.74, 6) is 1.33. The van der Waals surface area contributed by atoms with Crippen LogP contribution in [0.25, 0.3) is 0 Å². The van der Waals surface area contributed by atoms with Crippen molar-refractivity contribution in [3.05, 3.63) is 59.2 Å². The summed E-state index contributed by atoms with van der Waals surface area (Å²) in [6, 6.07) is 13.5. The van der Waals surface area contributed by atoms with Crippen molar-refractivity contribution in [1.29, 1.82) is 0 Å². The maximum absolute atomic E-state index is 12.6. The Labute approximate surface area is 169 Å². The molecule has 7 heteroatoms. The molecule has 28 heavy (non-hydrogen) atoms. The number of rotatable bonds is 6. The number of hydrogen-bond donors (Lipinski definition) is 0. The Hall–Kier alpha value is -2.80. The van der Waals surface area contributed by atoms with Gasteiger partial charge in [0.25, 0.3) is 0 Å². The number of thioether (sulfide) groups is 1. The van der Waals surface area contributed by atoms with Crippen LogP contribution in [0.4, 0.5) is 0 Å². The molecule has 1 fully saturated rings. The zero-order valence-corrected chi connectivity index (χ0v) is 17.2. The molecule has 1 heterocycles. The number of carbonyl (C=O) groups excluding carboxylic acids is 1. The van der Waals surface area contributed by atoms with Crippen molar-refractivity contribution >= 4 is 29.1 Å². The average Bonchev–Trinajstić information content (AvgIpc) is 2.97. The molecule has 0 spiro atoms. The number of carbonyl (C=O) groups is 1. The summed E-state index contributed by atoms with van der Waals surface area (Å²) in [5, 5.41) is 8.94. The first-order chi connectivity index (χ1) is 13.5. The highest BCUT2D eigenvalue weighted by Gasteiger charge is 2.35. The molecule has 6 nitrogen and oxygen atoms in total. The lowest BCUT2D eigenvalue weighted by Crippen LogP contribution is -2.31. The Bertz CT molecular complexity index is 927. The number of amides is 1. The zero-order valence-electron chi connectivity index (χ0n) is 16.4. The molecule has 0 aliphatic carbocycles. The first-order valence-corrected chi connectivity index (χ1v) is 9.77. The molecule has 1 aliphatic heterocycles. The second-order valence-corrected chi connectivity index (χ2v) is 7.66. The summed E-state index contributed by atoms with van der Waals surface area (Å²) in [7, 11) is 3.18. The van der Waals surface area contributed by atoms with Crippen molar-refractivity contribution in [3.8, 4) is 11.5 Å². The van der Waals surface area contributed by atoms with Gasteiger partial charge in [0.1, 0.15) is 0 Å². The Morgan fingerprint density at radius 2 is 1.89 bits per heavy atom. The fraction of sp³-hybridized carbons (Fsp3) is 0.286. The highest BCUT2D eigenvalue weighted by atomic mass is 32.2. The van der Waals surface area contributed by atoms with Crippen LogP contribution in [0.15, 0.2) is 52.7 Å². The van der Waals surface area contributed by atoms with Crippen molar-refractivity contribution in [2.24, 2.45) is 10.2 Å². The summed E-state index contributed by atoms with van der Waals surface area (Å²) in [5.41, 5.74) is 3.07. The molecule has 0 saturated carbocycles. The summed E-state index contributed by atoms with van der Waals surface area (Å²) < 4.78 is 10.5. The average molecular weight is 398 g/mol. The van der Waals surface area contributed by atoms with E-state index >= 15 is 0 Å². The first-order valence-electron chi connectivity index (χ1n) is 8.89. The van der Waals surface area contributed by atoms with E-state index < -0.39 is 0 Å². The fourth-order valence-electron chi connectivity index (χ4n) is 2.84. The number of hydrogen-bond acceptors (Lipinski definition) is 6. The van der Waals surface area contributed by atoms with Gasteiger partial charge in [-0.1, -0.05) is 36.0 Å². The summed E-state index contributed by atoms with van der Waals surface area (Å²) in [4.78, 5) is 14.3. The van der Waals surface area contributed by atoms with Crippen LogP contribution in [0.1, 0.15) is 23.6 Å². The molecule has 0 bridgehead atoms. The third kappa shape index (κ3) is 4.36. The molecule has 1 aliphatic rings. The molecule has 0 unspecified atom stereocenters. The van der Waals surface area contributed by atoms with Crippen molar-refractivity contribution in [1.82, 2.24) is 4.90 Å². The van der Waals surface area contributed by atoms with Crippen LogP contribution in [-0.4, -0.2) is 41.7 Å². The fourth-order valence-corrected chi connectivity index (χ4v) is 3.77. The Kier molecular flexibility index (Phi) is 6.36. The van der Waals surface area contributed by atoms with Gasteiger partial charge < -0.3 is 9.47 Å². The molecule has 3 rings (SSSR count). The number of methoxy groups -OCH3 is 2. The van der Waals surface area contributed by atoms with E-state index in [1.165, 1.54) is 11.8 Å².